The van der Waals surface area contributed by atoms with E-state index >= 15 is 0 Å². The Hall–Kier alpha value is -4.12. The van der Waals surface area contributed by atoms with Crippen molar-refractivity contribution in [2.45, 2.75) is 13.8 Å². The lowest BCUT2D eigenvalue weighted by molar-refractivity contribution is -0.130. The van der Waals surface area contributed by atoms with Crippen LogP contribution in [0.25, 0.3) is 23.5 Å². The van der Waals surface area contributed by atoms with E-state index in [9.17, 15) is 9.59 Å². The molecule has 0 atom stereocenters. The molecule has 0 saturated carbocycles. The van der Waals surface area contributed by atoms with Crippen LogP contribution in [0.1, 0.15) is 23.8 Å². The Morgan fingerprint density at radius 3 is 2.35 bits per heavy atom. The molecule has 0 aliphatic heterocycles. The minimum Gasteiger partial charge on any atom is -0.457 e. The Morgan fingerprint density at radius 2 is 1.71 bits per heavy atom. The maximum Gasteiger partial charge on any atom is 0.338 e. The number of esters is 2. The molecule has 0 saturated heterocycles. The molecule has 3 rings (SSSR count). The largest absolute Gasteiger partial charge is 0.457 e. The first kappa shape index (κ1) is 21.6. The number of hydrogen-bond acceptors (Lipinski definition) is 5. The first-order valence-corrected chi connectivity index (χ1v) is 9.56. The molecule has 0 spiro atoms. The van der Waals surface area contributed by atoms with Crippen LogP contribution >= 0.6 is 0 Å². The normalized spacial score (nSPS) is 10.6. The Morgan fingerprint density at radius 1 is 0.968 bits per heavy atom. The quantitative estimate of drug-likeness (QED) is 0.270. The number of ether oxygens (including phenoxy) is 2. The minimum atomic E-state index is -0.489. The fraction of sp³-hybridized carbons (Fsp3) is 0.0769. The number of carbonyl (C=O) groups excluding carboxylic acids is 2. The standard InChI is InChI=1S/C26H22O5/c1-5-25(27)31-23-14-7-19(16-18(23)4)6-10-21-13-15-24(29-21)20-8-11-22(12-9-20)30-26(28)17(2)3/h5-16H,1-2H2,3-4H3/b10-6+. The lowest BCUT2D eigenvalue weighted by Crippen LogP contribution is -2.07. The number of benzene rings is 2. The van der Waals surface area contributed by atoms with Gasteiger partial charge in [-0.3, -0.25) is 0 Å². The number of hydrogen-bond donors (Lipinski definition) is 0. The van der Waals surface area contributed by atoms with E-state index in [1.54, 1.807) is 25.1 Å². The molecular weight excluding hydrogens is 392 g/mol. The van der Waals surface area contributed by atoms with Crippen molar-refractivity contribution < 1.29 is 23.5 Å². The fourth-order valence-corrected chi connectivity index (χ4v) is 2.70. The molecule has 0 bridgehead atoms. The molecule has 0 unspecified atom stereocenters. The molecule has 0 radical (unpaired) electrons. The van der Waals surface area contributed by atoms with Crippen LogP contribution in [-0.4, -0.2) is 11.9 Å². The van der Waals surface area contributed by atoms with Crippen molar-refractivity contribution in [3.05, 3.63) is 96.3 Å². The second-order valence-electron chi connectivity index (χ2n) is 6.88. The van der Waals surface area contributed by atoms with Gasteiger partial charge in [-0.15, -0.1) is 0 Å². The molecule has 0 fully saturated rings. The number of furan rings is 1. The summed E-state index contributed by atoms with van der Waals surface area (Å²) in [5.74, 6) is 1.38. The summed E-state index contributed by atoms with van der Waals surface area (Å²) in [4.78, 5) is 22.9. The smallest absolute Gasteiger partial charge is 0.338 e. The minimum absolute atomic E-state index is 0.342. The van der Waals surface area contributed by atoms with Crippen LogP contribution in [0.5, 0.6) is 11.5 Å². The summed E-state index contributed by atoms with van der Waals surface area (Å²) in [5, 5.41) is 0. The summed E-state index contributed by atoms with van der Waals surface area (Å²) < 4.78 is 16.2. The number of rotatable bonds is 7. The van der Waals surface area contributed by atoms with E-state index in [0.717, 1.165) is 22.8 Å². The summed E-state index contributed by atoms with van der Waals surface area (Å²) >= 11 is 0. The van der Waals surface area contributed by atoms with Gasteiger partial charge in [-0.2, -0.15) is 0 Å². The summed E-state index contributed by atoms with van der Waals surface area (Å²) in [7, 11) is 0. The highest BCUT2D eigenvalue weighted by molar-refractivity contribution is 5.88. The maximum absolute atomic E-state index is 11.6. The van der Waals surface area contributed by atoms with Gasteiger partial charge in [0.25, 0.3) is 0 Å². The van der Waals surface area contributed by atoms with Crippen LogP contribution in [0, 0.1) is 6.92 Å². The fourth-order valence-electron chi connectivity index (χ4n) is 2.70. The average Bonchev–Trinajstić information content (AvgIpc) is 3.23. The highest BCUT2D eigenvalue weighted by Gasteiger charge is 2.08. The van der Waals surface area contributed by atoms with Gasteiger partial charge in [0.05, 0.1) is 0 Å². The average molecular weight is 414 g/mol. The summed E-state index contributed by atoms with van der Waals surface area (Å²) in [6.45, 7) is 10.4. The highest BCUT2D eigenvalue weighted by atomic mass is 16.5. The zero-order valence-electron chi connectivity index (χ0n) is 17.4. The second kappa shape index (κ2) is 9.59. The van der Waals surface area contributed by atoms with Gasteiger partial charge in [0.2, 0.25) is 0 Å². The molecule has 5 heteroatoms. The second-order valence-corrected chi connectivity index (χ2v) is 6.88. The third kappa shape index (κ3) is 5.70. The highest BCUT2D eigenvalue weighted by Crippen LogP contribution is 2.26. The van der Waals surface area contributed by atoms with Gasteiger partial charge in [0, 0.05) is 17.2 Å². The van der Waals surface area contributed by atoms with Crippen LogP contribution in [0.4, 0.5) is 0 Å². The van der Waals surface area contributed by atoms with Crippen LogP contribution in [-0.2, 0) is 9.59 Å². The van der Waals surface area contributed by atoms with Gasteiger partial charge >= 0.3 is 11.9 Å². The summed E-state index contributed by atoms with van der Waals surface area (Å²) in [6.07, 6.45) is 4.90. The third-order valence-corrected chi connectivity index (χ3v) is 4.34. The zero-order valence-corrected chi connectivity index (χ0v) is 17.4. The Kier molecular flexibility index (Phi) is 6.67. The van der Waals surface area contributed by atoms with Gasteiger partial charge in [0.1, 0.15) is 23.0 Å². The zero-order chi connectivity index (χ0) is 22.4. The van der Waals surface area contributed by atoms with E-state index in [2.05, 4.69) is 13.2 Å². The van der Waals surface area contributed by atoms with Crippen molar-refractivity contribution in [1.82, 2.24) is 0 Å². The molecule has 0 N–H and O–H groups in total. The van der Waals surface area contributed by atoms with Crippen molar-refractivity contribution >= 4 is 24.1 Å². The van der Waals surface area contributed by atoms with Crippen molar-refractivity contribution in [2.75, 3.05) is 0 Å². The molecule has 1 aromatic heterocycles. The maximum atomic E-state index is 11.6. The molecule has 31 heavy (non-hydrogen) atoms. The van der Waals surface area contributed by atoms with Gasteiger partial charge in [-0.05, 0) is 79.6 Å². The van der Waals surface area contributed by atoms with Gasteiger partial charge < -0.3 is 13.9 Å². The Balaban J connectivity index is 1.68. The molecule has 0 amide bonds. The number of carbonyl (C=O) groups is 2. The predicted octanol–water partition coefficient (Wildman–Crippen LogP) is 6.00. The van der Waals surface area contributed by atoms with Gasteiger partial charge in [0.15, 0.2) is 0 Å². The van der Waals surface area contributed by atoms with E-state index in [4.69, 9.17) is 13.9 Å². The summed E-state index contributed by atoms with van der Waals surface area (Å²) in [5.41, 5.74) is 2.98. The van der Waals surface area contributed by atoms with E-state index in [0.29, 0.717) is 28.6 Å². The summed E-state index contributed by atoms with van der Waals surface area (Å²) in [6, 6.07) is 16.3. The van der Waals surface area contributed by atoms with Crippen LogP contribution in [0.15, 0.2) is 83.8 Å². The van der Waals surface area contributed by atoms with E-state index in [1.807, 2.05) is 55.5 Å². The van der Waals surface area contributed by atoms with Crippen molar-refractivity contribution in [1.29, 1.82) is 0 Å². The Labute approximate surface area is 180 Å². The third-order valence-electron chi connectivity index (χ3n) is 4.34. The van der Waals surface area contributed by atoms with E-state index in [-0.39, 0.29) is 0 Å². The first-order valence-electron chi connectivity index (χ1n) is 9.56. The lowest BCUT2D eigenvalue weighted by atomic mass is 10.1. The predicted molar refractivity (Wildman–Crippen MR) is 121 cm³/mol. The Bertz CT molecular complexity index is 1160. The van der Waals surface area contributed by atoms with Crippen molar-refractivity contribution in [3.63, 3.8) is 0 Å². The van der Waals surface area contributed by atoms with E-state index < -0.39 is 11.9 Å². The number of aryl methyl sites for hydroxylation is 1. The molecule has 1 heterocycles. The first-order chi connectivity index (χ1) is 14.9. The lowest BCUT2D eigenvalue weighted by Gasteiger charge is -2.06. The van der Waals surface area contributed by atoms with Gasteiger partial charge in [-0.25, -0.2) is 9.59 Å². The monoisotopic (exact) mass is 414 g/mol. The van der Waals surface area contributed by atoms with Crippen LogP contribution in [0.2, 0.25) is 0 Å². The van der Waals surface area contributed by atoms with E-state index in [1.165, 1.54) is 0 Å². The molecule has 3 aromatic rings. The molecule has 5 nitrogen and oxygen atoms in total. The molecule has 0 aliphatic rings. The van der Waals surface area contributed by atoms with Gasteiger partial charge in [-0.1, -0.05) is 25.3 Å². The topological polar surface area (TPSA) is 65.7 Å². The SMILES string of the molecule is C=CC(=O)Oc1ccc(/C=C/c2ccc(-c3ccc(OC(=O)C(=C)C)cc3)o2)cc1C. The van der Waals surface area contributed by atoms with Crippen LogP contribution in [0.3, 0.4) is 0 Å². The molecule has 156 valence electrons. The van der Waals surface area contributed by atoms with Crippen LogP contribution < -0.4 is 9.47 Å². The van der Waals surface area contributed by atoms with Crippen molar-refractivity contribution in [3.8, 4) is 22.8 Å². The van der Waals surface area contributed by atoms with Crippen molar-refractivity contribution in [2.24, 2.45) is 0 Å². The molecular formula is C26H22O5. The molecule has 2 aromatic carbocycles. The molecule has 0 aliphatic carbocycles.